The van der Waals surface area contributed by atoms with E-state index in [9.17, 15) is 35.5 Å². The summed E-state index contributed by atoms with van der Waals surface area (Å²) in [4.78, 5) is 10.9. The fraction of sp³-hybridized carbons (Fsp3) is 0.250. The topological polar surface area (TPSA) is 59.7 Å². The zero-order chi connectivity index (χ0) is 23.0. The van der Waals surface area contributed by atoms with Crippen molar-refractivity contribution in [1.82, 2.24) is 0 Å². The molecule has 0 fully saturated rings. The van der Waals surface area contributed by atoms with Gasteiger partial charge < -0.3 is 14.3 Å². The fourth-order valence-electron chi connectivity index (χ4n) is 2.92. The van der Waals surface area contributed by atoms with Gasteiger partial charge in [0.15, 0.2) is 6.61 Å². The first-order chi connectivity index (χ1) is 14.3. The van der Waals surface area contributed by atoms with E-state index >= 15 is 0 Å². The lowest BCUT2D eigenvalue weighted by Crippen LogP contribution is -2.21. The molecular formula is C20H13F7O4. The summed E-state index contributed by atoms with van der Waals surface area (Å²) in [5, 5.41) is 9.13. The molecule has 1 heterocycles. The molecule has 3 aromatic rings. The molecule has 0 aliphatic rings. The van der Waals surface area contributed by atoms with Crippen molar-refractivity contribution in [3.63, 3.8) is 0 Å². The predicted octanol–water partition coefficient (Wildman–Crippen LogP) is 6.02. The first kappa shape index (κ1) is 22.4. The molecule has 2 aromatic carbocycles. The SMILES string of the molecule is O=C(O)c1cc2cc(F)c(CCc3ccc(OCC(F)(F)F)c(C(F)(F)F)c3)cc2o1. The van der Waals surface area contributed by atoms with Crippen molar-refractivity contribution in [1.29, 1.82) is 0 Å². The quantitative estimate of drug-likeness (QED) is 0.467. The molecule has 0 radical (unpaired) electrons. The number of ether oxygens (including phenoxy) is 1. The molecule has 0 amide bonds. The molecule has 0 spiro atoms. The molecule has 0 aliphatic heterocycles. The average Bonchev–Trinajstić information content (AvgIpc) is 3.06. The van der Waals surface area contributed by atoms with Gasteiger partial charge in [-0.2, -0.15) is 26.3 Å². The molecule has 0 saturated heterocycles. The summed E-state index contributed by atoms with van der Waals surface area (Å²) in [6.45, 7) is -1.87. The van der Waals surface area contributed by atoms with Crippen molar-refractivity contribution in [2.24, 2.45) is 0 Å². The Hall–Kier alpha value is -3.24. The van der Waals surface area contributed by atoms with Crippen LogP contribution in [0, 0.1) is 5.82 Å². The van der Waals surface area contributed by atoms with Crippen LogP contribution < -0.4 is 4.74 Å². The van der Waals surface area contributed by atoms with Crippen molar-refractivity contribution in [2.45, 2.75) is 25.2 Å². The van der Waals surface area contributed by atoms with Crippen molar-refractivity contribution in [3.8, 4) is 5.75 Å². The van der Waals surface area contributed by atoms with Crippen molar-refractivity contribution >= 4 is 16.9 Å². The fourth-order valence-corrected chi connectivity index (χ4v) is 2.92. The van der Waals surface area contributed by atoms with Crippen LogP contribution in [0.1, 0.15) is 27.2 Å². The third-order valence-electron chi connectivity index (χ3n) is 4.32. The number of carboxylic acids is 1. The number of fused-ring (bicyclic) bond motifs is 1. The number of alkyl halides is 6. The van der Waals surface area contributed by atoms with E-state index in [-0.39, 0.29) is 34.9 Å². The Morgan fingerprint density at radius 1 is 1.00 bits per heavy atom. The third kappa shape index (κ3) is 5.47. The highest BCUT2D eigenvalue weighted by Crippen LogP contribution is 2.37. The second-order valence-corrected chi connectivity index (χ2v) is 6.63. The van der Waals surface area contributed by atoms with E-state index in [1.807, 2.05) is 0 Å². The molecule has 0 aliphatic carbocycles. The molecule has 31 heavy (non-hydrogen) atoms. The van der Waals surface area contributed by atoms with Crippen LogP contribution in [0.5, 0.6) is 5.75 Å². The second-order valence-electron chi connectivity index (χ2n) is 6.63. The maximum atomic E-state index is 14.3. The highest BCUT2D eigenvalue weighted by molar-refractivity contribution is 5.91. The number of halogens is 7. The highest BCUT2D eigenvalue weighted by atomic mass is 19.4. The van der Waals surface area contributed by atoms with Gasteiger partial charge in [-0.3, -0.25) is 0 Å². The molecule has 11 heteroatoms. The van der Waals surface area contributed by atoms with Crippen LogP contribution in [0.15, 0.2) is 40.8 Å². The van der Waals surface area contributed by atoms with E-state index in [1.54, 1.807) is 0 Å². The summed E-state index contributed by atoms with van der Waals surface area (Å²) in [6.07, 6.45) is -9.89. The van der Waals surface area contributed by atoms with Gasteiger partial charge in [-0.05, 0) is 54.3 Å². The van der Waals surface area contributed by atoms with E-state index in [0.717, 1.165) is 24.3 Å². The lowest BCUT2D eigenvalue weighted by atomic mass is 10.0. The summed E-state index contributed by atoms with van der Waals surface area (Å²) < 4.78 is 100. The normalized spacial score (nSPS) is 12.4. The van der Waals surface area contributed by atoms with Crippen LogP contribution in [0.3, 0.4) is 0 Å². The summed E-state index contributed by atoms with van der Waals surface area (Å²) >= 11 is 0. The number of furan rings is 1. The van der Waals surface area contributed by atoms with Gasteiger partial charge in [0.2, 0.25) is 5.76 Å². The number of carbonyl (C=O) groups is 1. The predicted molar refractivity (Wildman–Crippen MR) is 93.5 cm³/mol. The second kappa shape index (κ2) is 8.12. The van der Waals surface area contributed by atoms with E-state index in [0.29, 0.717) is 6.07 Å². The van der Waals surface area contributed by atoms with Gasteiger partial charge in [0.25, 0.3) is 0 Å². The third-order valence-corrected chi connectivity index (χ3v) is 4.32. The van der Waals surface area contributed by atoms with Crippen molar-refractivity contribution in [2.75, 3.05) is 6.61 Å². The van der Waals surface area contributed by atoms with Crippen LogP contribution in [-0.2, 0) is 19.0 Å². The zero-order valence-corrected chi connectivity index (χ0v) is 15.4. The molecule has 0 saturated carbocycles. The Balaban J connectivity index is 1.82. The maximum Gasteiger partial charge on any atom is 0.422 e. The minimum atomic E-state index is -4.96. The Bertz CT molecular complexity index is 1110. The van der Waals surface area contributed by atoms with Gasteiger partial charge in [0.1, 0.15) is 17.1 Å². The summed E-state index contributed by atoms with van der Waals surface area (Å²) in [5.74, 6) is -3.40. The van der Waals surface area contributed by atoms with Crippen LogP contribution in [0.2, 0.25) is 0 Å². The van der Waals surface area contributed by atoms with Gasteiger partial charge in [-0.1, -0.05) is 6.07 Å². The number of hydrogen-bond donors (Lipinski definition) is 1. The van der Waals surface area contributed by atoms with Crippen molar-refractivity contribution in [3.05, 3.63) is 64.7 Å². The number of carboxylic acid groups (broad SMARTS) is 1. The molecular weight excluding hydrogens is 437 g/mol. The molecule has 0 atom stereocenters. The van der Waals surface area contributed by atoms with Gasteiger partial charge >= 0.3 is 18.3 Å². The monoisotopic (exact) mass is 450 g/mol. The van der Waals surface area contributed by atoms with Crippen molar-refractivity contribution < 1.29 is 49.8 Å². The van der Waals surface area contributed by atoms with E-state index < -0.39 is 47.8 Å². The number of rotatable bonds is 6. The van der Waals surface area contributed by atoms with E-state index in [4.69, 9.17) is 9.52 Å². The molecule has 3 rings (SSSR count). The minimum Gasteiger partial charge on any atom is -0.483 e. The molecule has 166 valence electrons. The average molecular weight is 450 g/mol. The standard InChI is InChI=1S/C20H13F7O4/c21-14-6-12-8-17(18(28)29)31-16(12)7-11(14)3-1-10-2-4-15(30-9-19(22,23)24)13(5-10)20(25,26)27/h2,4-8H,1,3,9H2,(H,28,29). The van der Waals surface area contributed by atoms with E-state index in [1.165, 1.54) is 6.07 Å². The van der Waals surface area contributed by atoms with Crippen LogP contribution in [-0.4, -0.2) is 23.9 Å². The molecule has 0 bridgehead atoms. The first-order valence-electron chi connectivity index (χ1n) is 8.68. The lowest BCUT2D eigenvalue weighted by Gasteiger charge is -2.16. The number of aryl methyl sites for hydroxylation is 2. The number of aromatic carboxylic acids is 1. The Morgan fingerprint density at radius 2 is 1.71 bits per heavy atom. The van der Waals surface area contributed by atoms with Gasteiger partial charge in [-0.15, -0.1) is 0 Å². The molecule has 4 nitrogen and oxygen atoms in total. The van der Waals surface area contributed by atoms with Gasteiger partial charge in [-0.25, -0.2) is 9.18 Å². The number of benzene rings is 2. The largest absolute Gasteiger partial charge is 0.483 e. The van der Waals surface area contributed by atoms with Crippen LogP contribution >= 0.6 is 0 Å². The summed E-state index contributed by atoms with van der Waals surface area (Å²) in [7, 11) is 0. The Kier molecular flexibility index (Phi) is 5.88. The highest BCUT2D eigenvalue weighted by Gasteiger charge is 2.36. The Labute approximate surface area is 169 Å². The molecule has 0 unspecified atom stereocenters. The zero-order valence-electron chi connectivity index (χ0n) is 15.4. The van der Waals surface area contributed by atoms with Crippen LogP contribution in [0.25, 0.3) is 11.0 Å². The lowest BCUT2D eigenvalue weighted by molar-refractivity contribution is -0.158. The van der Waals surface area contributed by atoms with Gasteiger partial charge in [0, 0.05) is 5.39 Å². The van der Waals surface area contributed by atoms with Crippen LogP contribution in [0.4, 0.5) is 30.7 Å². The molecule has 1 aromatic heterocycles. The molecule has 1 N–H and O–H groups in total. The Morgan fingerprint density at radius 3 is 2.32 bits per heavy atom. The first-order valence-corrected chi connectivity index (χ1v) is 8.68. The maximum absolute atomic E-state index is 14.3. The minimum absolute atomic E-state index is 0.0646. The van der Waals surface area contributed by atoms with Gasteiger partial charge in [0.05, 0.1) is 5.56 Å². The smallest absolute Gasteiger partial charge is 0.422 e. The summed E-state index contributed by atoms with van der Waals surface area (Å²) in [5.41, 5.74) is -1.11. The summed E-state index contributed by atoms with van der Waals surface area (Å²) in [6, 6.07) is 6.04. The van der Waals surface area contributed by atoms with E-state index in [2.05, 4.69) is 4.74 Å². The number of hydrogen-bond acceptors (Lipinski definition) is 3.